The average Bonchev–Trinajstić information content (AvgIpc) is 2.77. The summed E-state index contributed by atoms with van der Waals surface area (Å²) >= 11 is 0. The lowest BCUT2D eigenvalue weighted by Crippen LogP contribution is -2.37. The monoisotopic (exact) mass is 288 g/mol. The molecule has 4 heteroatoms. The Morgan fingerprint density at radius 3 is 2.48 bits per heavy atom. The molecular weight excluding hydrogens is 267 g/mol. The normalized spacial score (nSPS) is 11.5. The number of hydrogen-bond donors (Lipinski definition) is 1. The summed E-state index contributed by atoms with van der Waals surface area (Å²) in [6.45, 7) is 6.15. The van der Waals surface area contributed by atoms with Crippen molar-refractivity contribution in [2.45, 2.75) is 26.2 Å². The van der Waals surface area contributed by atoms with Crippen molar-refractivity contribution >= 4 is 5.91 Å². The SMILES string of the molecule is Cc1ccc(C(=O)NCC(C)(C)c2ccccc2F)n1C. The summed E-state index contributed by atoms with van der Waals surface area (Å²) in [7, 11) is 1.85. The first-order chi connectivity index (χ1) is 9.83. The average molecular weight is 288 g/mol. The largest absolute Gasteiger partial charge is 0.350 e. The van der Waals surface area contributed by atoms with E-state index in [1.807, 2.05) is 44.5 Å². The molecule has 3 nitrogen and oxygen atoms in total. The van der Waals surface area contributed by atoms with Crippen molar-refractivity contribution in [3.05, 3.63) is 59.2 Å². The summed E-state index contributed by atoms with van der Waals surface area (Å²) in [5.74, 6) is -0.388. The predicted molar refractivity (Wildman–Crippen MR) is 81.9 cm³/mol. The Morgan fingerprint density at radius 2 is 1.90 bits per heavy atom. The number of aromatic nitrogens is 1. The van der Waals surface area contributed by atoms with Crippen LogP contribution in [0.1, 0.15) is 35.6 Å². The van der Waals surface area contributed by atoms with Gasteiger partial charge in [-0.1, -0.05) is 32.0 Å². The molecule has 0 unspecified atom stereocenters. The summed E-state index contributed by atoms with van der Waals surface area (Å²) in [6.07, 6.45) is 0. The highest BCUT2D eigenvalue weighted by Gasteiger charge is 2.25. The number of amides is 1. The number of rotatable bonds is 4. The van der Waals surface area contributed by atoms with Crippen LogP contribution >= 0.6 is 0 Å². The Kier molecular flexibility index (Phi) is 4.16. The van der Waals surface area contributed by atoms with E-state index in [0.29, 0.717) is 17.8 Å². The summed E-state index contributed by atoms with van der Waals surface area (Å²) < 4.78 is 15.7. The maximum atomic E-state index is 13.9. The number of nitrogens with one attached hydrogen (secondary N) is 1. The highest BCUT2D eigenvalue weighted by Crippen LogP contribution is 2.24. The Hall–Kier alpha value is -2.10. The first-order valence-corrected chi connectivity index (χ1v) is 6.98. The van der Waals surface area contributed by atoms with Crippen LogP contribution in [0.3, 0.4) is 0 Å². The first kappa shape index (κ1) is 15.3. The number of aryl methyl sites for hydroxylation is 1. The Morgan fingerprint density at radius 1 is 1.24 bits per heavy atom. The zero-order valence-corrected chi connectivity index (χ0v) is 12.9. The fraction of sp³-hybridized carbons (Fsp3) is 0.353. The summed E-state index contributed by atoms with van der Waals surface area (Å²) in [5, 5.41) is 2.89. The third-order valence-corrected chi connectivity index (χ3v) is 3.90. The van der Waals surface area contributed by atoms with E-state index in [1.54, 1.807) is 18.2 Å². The molecule has 1 aromatic carbocycles. The second kappa shape index (κ2) is 5.72. The third kappa shape index (κ3) is 3.15. The quantitative estimate of drug-likeness (QED) is 0.921. The third-order valence-electron chi connectivity index (χ3n) is 3.90. The van der Waals surface area contributed by atoms with Crippen molar-refractivity contribution in [2.24, 2.45) is 7.05 Å². The lowest BCUT2D eigenvalue weighted by molar-refractivity contribution is 0.0937. The molecule has 0 saturated heterocycles. The second-order valence-electron chi connectivity index (χ2n) is 5.97. The van der Waals surface area contributed by atoms with Gasteiger partial charge in [0.25, 0.3) is 5.91 Å². The van der Waals surface area contributed by atoms with Gasteiger partial charge >= 0.3 is 0 Å². The van der Waals surface area contributed by atoms with Gasteiger partial charge in [0.1, 0.15) is 11.5 Å². The molecule has 0 fully saturated rings. The molecule has 1 N–H and O–H groups in total. The number of benzene rings is 1. The minimum Gasteiger partial charge on any atom is -0.350 e. The topological polar surface area (TPSA) is 34.0 Å². The molecule has 0 atom stereocenters. The van der Waals surface area contributed by atoms with Gasteiger partial charge in [-0.3, -0.25) is 4.79 Å². The minimum atomic E-state index is -0.471. The van der Waals surface area contributed by atoms with Gasteiger partial charge in [-0.15, -0.1) is 0 Å². The Labute approximate surface area is 124 Å². The van der Waals surface area contributed by atoms with Crippen LogP contribution in [0, 0.1) is 12.7 Å². The first-order valence-electron chi connectivity index (χ1n) is 6.98. The highest BCUT2D eigenvalue weighted by molar-refractivity contribution is 5.92. The van der Waals surface area contributed by atoms with E-state index < -0.39 is 5.41 Å². The van der Waals surface area contributed by atoms with Crippen LogP contribution < -0.4 is 5.32 Å². The number of hydrogen-bond acceptors (Lipinski definition) is 1. The molecular formula is C17H21FN2O. The predicted octanol–water partition coefficient (Wildman–Crippen LogP) is 3.18. The van der Waals surface area contributed by atoms with Crippen molar-refractivity contribution in [1.29, 1.82) is 0 Å². The number of nitrogens with zero attached hydrogens (tertiary/aromatic N) is 1. The molecule has 0 aliphatic heterocycles. The molecule has 0 aliphatic carbocycles. The molecule has 1 heterocycles. The molecule has 0 bridgehead atoms. The number of carbonyl (C=O) groups excluding carboxylic acids is 1. The fourth-order valence-corrected chi connectivity index (χ4v) is 2.34. The number of carbonyl (C=O) groups is 1. The van der Waals surface area contributed by atoms with Crippen LogP contribution in [-0.4, -0.2) is 17.0 Å². The summed E-state index contributed by atoms with van der Waals surface area (Å²) in [5.41, 5.74) is 1.76. The number of halogens is 1. The van der Waals surface area contributed by atoms with E-state index in [0.717, 1.165) is 5.69 Å². The maximum absolute atomic E-state index is 13.9. The van der Waals surface area contributed by atoms with Gasteiger partial charge in [-0.25, -0.2) is 4.39 Å². The van der Waals surface area contributed by atoms with Crippen LogP contribution in [0.25, 0.3) is 0 Å². The molecule has 1 aromatic heterocycles. The van der Waals surface area contributed by atoms with Gasteiger partial charge in [0.05, 0.1) is 0 Å². The maximum Gasteiger partial charge on any atom is 0.267 e. The summed E-state index contributed by atoms with van der Waals surface area (Å²) in [4.78, 5) is 12.2. The minimum absolute atomic E-state index is 0.144. The van der Waals surface area contributed by atoms with Crippen molar-refractivity contribution in [3.8, 4) is 0 Å². The van der Waals surface area contributed by atoms with E-state index >= 15 is 0 Å². The van der Waals surface area contributed by atoms with Crippen molar-refractivity contribution < 1.29 is 9.18 Å². The fourth-order valence-electron chi connectivity index (χ4n) is 2.34. The Bertz CT molecular complexity index is 659. The molecule has 0 aliphatic rings. The van der Waals surface area contributed by atoms with E-state index in [-0.39, 0.29) is 11.7 Å². The summed E-state index contributed by atoms with van der Waals surface area (Å²) in [6, 6.07) is 10.4. The molecule has 2 rings (SSSR count). The molecule has 0 saturated carbocycles. The highest BCUT2D eigenvalue weighted by atomic mass is 19.1. The smallest absolute Gasteiger partial charge is 0.267 e. The molecule has 0 radical (unpaired) electrons. The van der Waals surface area contributed by atoms with E-state index in [2.05, 4.69) is 5.32 Å². The standard InChI is InChI=1S/C17H21FN2O/c1-12-9-10-15(20(12)4)16(21)19-11-17(2,3)13-7-5-6-8-14(13)18/h5-10H,11H2,1-4H3,(H,19,21). The lowest BCUT2D eigenvalue weighted by atomic mass is 9.84. The van der Waals surface area contributed by atoms with Crippen LogP contribution in [0.15, 0.2) is 36.4 Å². The van der Waals surface area contributed by atoms with Gasteiger partial charge in [-0.05, 0) is 30.7 Å². The van der Waals surface area contributed by atoms with E-state index in [1.165, 1.54) is 6.07 Å². The van der Waals surface area contributed by atoms with Gasteiger partial charge in [0, 0.05) is 24.7 Å². The lowest BCUT2D eigenvalue weighted by Gasteiger charge is -2.26. The van der Waals surface area contributed by atoms with E-state index in [4.69, 9.17) is 0 Å². The molecule has 2 aromatic rings. The van der Waals surface area contributed by atoms with Crippen LogP contribution in [-0.2, 0) is 12.5 Å². The van der Waals surface area contributed by atoms with Crippen LogP contribution in [0.5, 0.6) is 0 Å². The van der Waals surface area contributed by atoms with Crippen LogP contribution in [0.2, 0.25) is 0 Å². The van der Waals surface area contributed by atoms with Crippen molar-refractivity contribution in [1.82, 2.24) is 9.88 Å². The zero-order valence-electron chi connectivity index (χ0n) is 12.9. The second-order valence-corrected chi connectivity index (χ2v) is 5.97. The van der Waals surface area contributed by atoms with Crippen molar-refractivity contribution in [2.75, 3.05) is 6.54 Å². The Balaban J connectivity index is 2.10. The molecule has 21 heavy (non-hydrogen) atoms. The van der Waals surface area contributed by atoms with Crippen LogP contribution in [0.4, 0.5) is 4.39 Å². The van der Waals surface area contributed by atoms with Gasteiger partial charge in [-0.2, -0.15) is 0 Å². The van der Waals surface area contributed by atoms with Gasteiger partial charge < -0.3 is 9.88 Å². The van der Waals surface area contributed by atoms with Gasteiger partial charge in [0.15, 0.2) is 0 Å². The van der Waals surface area contributed by atoms with Crippen molar-refractivity contribution in [3.63, 3.8) is 0 Å². The van der Waals surface area contributed by atoms with Gasteiger partial charge in [0.2, 0.25) is 0 Å². The van der Waals surface area contributed by atoms with E-state index in [9.17, 15) is 9.18 Å². The zero-order chi connectivity index (χ0) is 15.6. The molecule has 1 amide bonds. The molecule has 0 spiro atoms. The molecule has 112 valence electrons.